The Morgan fingerprint density at radius 1 is 1.14 bits per heavy atom. The van der Waals surface area contributed by atoms with E-state index in [1.165, 1.54) is 0 Å². The van der Waals surface area contributed by atoms with Gasteiger partial charge < -0.3 is 19.9 Å². The van der Waals surface area contributed by atoms with Gasteiger partial charge in [-0.3, -0.25) is 0 Å². The summed E-state index contributed by atoms with van der Waals surface area (Å²) >= 11 is 0. The van der Waals surface area contributed by atoms with E-state index >= 15 is 0 Å². The number of fused-ring (bicyclic) bond motifs is 1. The van der Waals surface area contributed by atoms with E-state index < -0.39 is 23.7 Å². The molecule has 0 aromatic heterocycles. The van der Waals surface area contributed by atoms with Crippen molar-refractivity contribution in [3.63, 3.8) is 0 Å². The van der Waals surface area contributed by atoms with Crippen LogP contribution >= 0.6 is 0 Å². The number of hydrogen-bond donors (Lipinski definition) is 2. The highest BCUT2D eigenvalue weighted by molar-refractivity contribution is 5.89. The summed E-state index contributed by atoms with van der Waals surface area (Å²) in [5, 5.41) is 14.0. The molecule has 0 fully saturated rings. The number of ether oxygens (including phenoxy) is 2. The van der Waals surface area contributed by atoms with Crippen molar-refractivity contribution in [3.05, 3.63) is 42.0 Å². The van der Waals surface area contributed by atoms with Crippen molar-refractivity contribution in [2.45, 2.75) is 65.2 Å². The summed E-state index contributed by atoms with van der Waals surface area (Å²) < 4.78 is 11.2. The number of hydrogen-bond acceptors (Lipinski definition) is 4. The first kappa shape index (κ1) is 21.5. The van der Waals surface area contributed by atoms with Crippen LogP contribution in [0.1, 0.15) is 46.6 Å². The highest BCUT2D eigenvalue weighted by Crippen LogP contribution is 2.30. The molecule has 6 nitrogen and oxygen atoms in total. The molecule has 2 atom stereocenters. The third-order valence-electron chi connectivity index (χ3n) is 4.30. The molecule has 2 N–H and O–H groups in total. The lowest BCUT2D eigenvalue weighted by Crippen LogP contribution is -2.44. The summed E-state index contributed by atoms with van der Waals surface area (Å²) in [6.07, 6.45) is 0.137. The molecule has 0 aliphatic carbocycles. The molecule has 0 radical (unpaired) electrons. The fourth-order valence-electron chi connectivity index (χ4n) is 2.79. The van der Waals surface area contributed by atoms with Crippen molar-refractivity contribution in [2.75, 3.05) is 0 Å². The average molecular weight is 387 g/mol. The van der Waals surface area contributed by atoms with Crippen LogP contribution in [0.15, 0.2) is 36.4 Å². The molecule has 6 heteroatoms. The maximum atomic E-state index is 12.1. The van der Waals surface area contributed by atoms with Crippen molar-refractivity contribution < 1.29 is 24.2 Å². The number of nitrogens with one attached hydrogen (secondary N) is 1. The van der Waals surface area contributed by atoms with Gasteiger partial charge >= 0.3 is 12.1 Å². The first-order valence-electron chi connectivity index (χ1n) is 9.50. The van der Waals surface area contributed by atoms with Crippen LogP contribution in [0.3, 0.4) is 0 Å². The van der Waals surface area contributed by atoms with E-state index in [-0.39, 0.29) is 12.5 Å². The first-order valence-corrected chi connectivity index (χ1v) is 9.50. The van der Waals surface area contributed by atoms with E-state index in [0.717, 1.165) is 22.8 Å². The Balaban J connectivity index is 2.38. The van der Waals surface area contributed by atoms with Crippen LogP contribution in [0, 0.1) is 0 Å². The Hall–Kier alpha value is -2.76. The lowest BCUT2D eigenvalue weighted by Gasteiger charge is -2.23. The van der Waals surface area contributed by atoms with Crippen molar-refractivity contribution >= 4 is 22.8 Å². The van der Waals surface area contributed by atoms with Gasteiger partial charge in [0.2, 0.25) is 0 Å². The smallest absolute Gasteiger partial charge is 0.408 e. The molecule has 0 saturated heterocycles. The fraction of sp³-hybridized carbons (Fsp3) is 0.455. The summed E-state index contributed by atoms with van der Waals surface area (Å²) in [4.78, 5) is 23.9. The second kappa shape index (κ2) is 8.95. The average Bonchev–Trinajstić information content (AvgIpc) is 2.60. The Bertz CT molecular complexity index is 840. The summed E-state index contributed by atoms with van der Waals surface area (Å²) in [5.41, 5.74) is 0.0408. The molecule has 0 bridgehead atoms. The maximum absolute atomic E-state index is 12.1. The second-order valence-corrected chi connectivity index (χ2v) is 7.84. The lowest BCUT2D eigenvalue weighted by atomic mass is 9.97. The number of benzene rings is 2. The molecule has 2 rings (SSSR count). The van der Waals surface area contributed by atoms with E-state index in [9.17, 15) is 14.7 Å². The van der Waals surface area contributed by atoms with Crippen LogP contribution in [0.25, 0.3) is 10.8 Å². The molecular formula is C22H29NO5. The van der Waals surface area contributed by atoms with Crippen molar-refractivity contribution in [3.8, 4) is 5.75 Å². The molecule has 0 aliphatic heterocycles. The topological polar surface area (TPSA) is 84.9 Å². The molecule has 0 heterocycles. The van der Waals surface area contributed by atoms with Gasteiger partial charge in [0, 0.05) is 12.0 Å². The number of carboxylic acids is 1. The van der Waals surface area contributed by atoms with Crippen molar-refractivity contribution in [2.24, 2.45) is 0 Å². The van der Waals surface area contributed by atoms with Crippen LogP contribution < -0.4 is 10.1 Å². The van der Waals surface area contributed by atoms with Crippen LogP contribution in [0.5, 0.6) is 5.75 Å². The molecule has 0 spiro atoms. The molecule has 2 unspecified atom stereocenters. The van der Waals surface area contributed by atoms with Gasteiger partial charge in [0.05, 0.1) is 6.10 Å². The van der Waals surface area contributed by atoms with Crippen LogP contribution in [0.4, 0.5) is 4.79 Å². The number of amides is 1. The number of carbonyl (C=O) groups is 2. The Labute approximate surface area is 165 Å². The quantitative estimate of drug-likeness (QED) is 0.729. The zero-order chi connectivity index (χ0) is 20.9. The summed E-state index contributed by atoms with van der Waals surface area (Å²) in [6, 6.07) is 10.4. The van der Waals surface area contributed by atoms with Gasteiger partial charge in [-0.1, -0.05) is 37.3 Å². The van der Waals surface area contributed by atoms with Gasteiger partial charge in [0.1, 0.15) is 17.4 Å². The number of aliphatic carboxylic acids is 1. The number of carbonyl (C=O) groups excluding carboxylic acids is 1. The minimum atomic E-state index is -1.14. The Kier molecular flexibility index (Phi) is 6.89. The number of rotatable bonds is 7. The zero-order valence-corrected chi connectivity index (χ0v) is 17.1. The Morgan fingerprint density at radius 3 is 2.43 bits per heavy atom. The van der Waals surface area contributed by atoms with Crippen LogP contribution in [-0.2, 0) is 16.0 Å². The van der Waals surface area contributed by atoms with E-state index in [0.29, 0.717) is 5.75 Å². The molecule has 0 saturated carbocycles. The van der Waals surface area contributed by atoms with E-state index in [4.69, 9.17) is 9.47 Å². The van der Waals surface area contributed by atoms with Gasteiger partial charge in [-0.15, -0.1) is 0 Å². The van der Waals surface area contributed by atoms with Crippen molar-refractivity contribution in [1.82, 2.24) is 5.32 Å². The predicted molar refractivity (Wildman–Crippen MR) is 109 cm³/mol. The van der Waals surface area contributed by atoms with Gasteiger partial charge in [0.15, 0.2) is 0 Å². The predicted octanol–water partition coefficient (Wildman–Crippen LogP) is 4.54. The maximum Gasteiger partial charge on any atom is 0.408 e. The molecule has 28 heavy (non-hydrogen) atoms. The molecule has 2 aromatic carbocycles. The molecule has 152 valence electrons. The highest BCUT2D eigenvalue weighted by Gasteiger charge is 2.26. The summed E-state index contributed by atoms with van der Waals surface area (Å²) in [6.45, 7) is 9.17. The fourth-order valence-corrected chi connectivity index (χ4v) is 2.79. The van der Waals surface area contributed by atoms with E-state index in [2.05, 4.69) is 5.32 Å². The highest BCUT2D eigenvalue weighted by atomic mass is 16.6. The third kappa shape index (κ3) is 5.87. The third-order valence-corrected chi connectivity index (χ3v) is 4.30. The minimum absolute atomic E-state index is 0.0120. The van der Waals surface area contributed by atoms with Gasteiger partial charge in [-0.05, 0) is 51.0 Å². The Morgan fingerprint density at radius 2 is 1.82 bits per heavy atom. The monoisotopic (exact) mass is 387 g/mol. The summed E-state index contributed by atoms with van der Waals surface area (Å²) in [5.74, 6) is -0.501. The summed E-state index contributed by atoms with van der Waals surface area (Å²) in [7, 11) is 0. The molecule has 0 aliphatic rings. The standard InChI is InChI=1S/C22H29NO5/c1-6-14(2)27-19-12-11-15-9-7-8-10-16(15)17(19)13-18(20(24)25)23-21(26)28-22(3,4)5/h7-12,14,18H,6,13H2,1-5H3,(H,23,26)(H,24,25). The van der Waals surface area contributed by atoms with Crippen LogP contribution in [-0.4, -0.2) is 34.9 Å². The van der Waals surface area contributed by atoms with E-state index in [1.54, 1.807) is 20.8 Å². The zero-order valence-electron chi connectivity index (χ0n) is 17.1. The van der Waals surface area contributed by atoms with Gasteiger partial charge in [-0.2, -0.15) is 0 Å². The minimum Gasteiger partial charge on any atom is -0.490 e. The van der Waals surface area contributed by atoms with Crippen molar-refractivity contribution in [1.29, 1.82) is 0 Å². The largest absolute Gasteiger partial charge is 0.490 e. The molecule has 1 amide bonds. The lowest BCUT2D eigenvalue weighted by molar-refractivity contribution is -0.139. The second-order valence-electron chi connectivity index (χ2n) is 7.84. The number of carboxylic acid groups (broad SMARTS) is 1. The van der Waals surface area contributed by atoms with Crippen LogP contribution in [0.2, 0.25) is 0 Å². The van der Waals surface area contributed by atoms with Gasteiger partial charge in [-0.25, -0.2) is 9.59 Å². The SMILES string of the molecule is CCC(C)Oc1ccc2ccccc2c1CC(NC(=O)OC(C)(C)C)C(=O)O. The van der Waals surface area contributed by atoms with E-state index in [1.807, 2.05) is 50.2 Å². The normalized spacial score (nSPS) is 13.6. The van der Waals surface area contributed by atoms with Gasteiger partial charge in [0.25, 0.3) is 0 Å². The molecule has 2 aromatic rings. The number of alkyl carbamates (subject to hydrolysis) is 1. The first-order chi connectivity index (χ1) is 13.1. The molecular weight excluding hydrogens is 358 g/mol.